The predicted molar refractivity (Wildman–Crippen MR) is 48.4 cm³/mol. The maximum Gasteiger partial charge on any atom is 0.132 e. The van der Waals surface area contributed by atoms with Crippen LogP contribution in [-0.2, 0) is 0 Å². The fraction of sp³-hybridized carbons (Fsp3) is 0.714. The van der Waals surface area contributed by atoms with Crippen LogP contribution in [0.25, 0.3) is 0 Å². The van der Waals surface area contributed by atoms with E-state index >= 15 is 0 Å². The summed E-state index contributed by atoms with van der Waals surface area (Å²) in [7, 11) is 0. The van der Waals surface area contributed by atoms with Gasteiger partial charge in [-0.25, -0.2) is 5.01 Å². The van der Waals surface area contributed by atoms with E-state index in [0.29, 0.717) is 0 Å². The third-order valence-corrected chi connectivity index (χ3v) is 1.10. The summed E-state index contributed by atoms with van der Waals surface area (Å²) in [6, 6.07) is 0. The summed E-state index contributed by atoms with van der Waals surface area (Å²) in [5.41, 5.74) is -0.0740. The number of hydrogen-bond acceptors (Lipinski definition) is 3. The Balaban J connectivity index is 4.34. The Morgan fingerprint density at radius 2 is 1.91 bits per heavy atom. The molecule has 0 amide bonds. The molecule has 0 aromatic heterocycles. The fourth-order valence-corrected chi connectivity index (χ4v) is 0.564. The van der Waals surface area contributed by atoms with Gasteiger partial charge >= 0.3 is 0 Å². The predicted octanol–water partition coefficient (Wildman–Crippen LogP) is 0.995. The number of hydrazone groups is 2. The third kappa shape index (κ3) is 3.60. The van der Waals surface area contributed by atoms with E-state index in [1.165, 1.54) is 6.34 Å². The minimum absolute atomic E-state index is 0.0740. The standard InChI is InChI=1S/C7H16N4/c1-5-10-11(6-9-8)7(2,3)4/h5-6H,8H2,1-4H3/b9-6-,10-5-. The Bertz CT molecular complexity index is 142. The molecule has 0 aliphatic rings. The van der Waals surface area contributed by atoms with Gasteiger partial charge in [0.25, 0.3) is 0 Å². The van der Waals surface area contributed by atoms with Crippen LogP contribution in [0.2, 0.25) is 0 Å². The molecule has 0 aliphatic heterocycles. The molecule has 0 saturated heterocycles. The maximum absolute atomic E-state index is 5.01. The zero-order valence-corrected chi connectivity index (χ0v) is 7.57. The summed E-state index contributed by atoms with van der Waals surface area (Å²) < 4.78 is 0. The first kappa shape index (κ1) is 9.94. The molecule has 64 valence electrons. The van der Waals surface area contributed by atoms with Gasteiger partial charge in [-0.3, -0.25) is 0 Å². The summed E-state index contributed by atoms with van der Waals surface area (Å²) in [6.45, 7) is 7.94. The summed E-state index contributed by atoms with van der Waals surface area (Å²) >= 11 is 0. The SMILES string of the molecule is C/C=N\N(/C=N\N)C(C)(C)C. The van der Waals surface area contributed by atoms with Crippen LogP contribution in [0.3, 0.4) is 0 Å². The largest absolute Gasteiger partial charge is 0.322 e. The number of rotatable bonds is 2. The molecule has 0 unspecified atom stereocenters. The Kier molecular flexibility index (Phi) is 3.57. The first-order valence-electron chi connectivity index (χ1n) is 3.53. The van der Waals surface area contributed by atoms with Crippen molar-refractivity contribution < 1.29 is 0 Å². The molecule has 0 rings (SSSR count). The molecule has 4 heteroatoms. The molecule has 0 bridgehead atoms. The highest BCUT2D eigenvalue weighted by atomic mass is 15.5. The van der Waals surface area contributed by atoms with Crippen LogP contribution in [-0.4, -0.2) is 23.1 Å². The van der Waals surface area contributed by atoms with Crippen LogP contribution in [0.1, 0.15) is 27.7 Å². The second-order valence-corrected chi connectivity index (χ2v) is 3.15. The molecular formula is C7H16N4. The Hall–Kier alpha value is -1.06. The number of nitrogens with two attached hydrogens (primary N) is 1. The molecule has 0 aliphatic carbocycles. The van der Waals surface area contributed by atoms with Gasteiger partial charge in [-0.05, 0) is 27.7 Å². The second kappa shape index (κ2) is 3.95. The van der Waals surface area contributed by atoms with Crippen molar-refractivity contribution in [1.29, 1.82) is 0 Å². The van der Waals surface area contributed by atoms with E-state index in [1.807, 2.05) is 27.7 Å². The molecule has 0 radical (unpaired) electrons. The van der Waals surface area contributed by atoms with E-state index in [0.717, 1.165) is 0 Å². The van der Waals surface area contributed by atoms with Gasteiger partial charge in [0.15, 0.2) is 0 Å². The molecule has 11 heavy (non-hydrogen) atoms. The second-order valence-electron chi connectivity index (χ2n) is 3.15. The van der Waals surface area contributed by atoms with Gasteiger partial charge in [0.1, 0.15) is 6.34 Å². The van der Waals surface area contributed by atoms with Crippen LogP contribution >= 0.6 is 0 Å². The average Bonchev–Trinajstić information content (AvgIpc) is 1.85. The van der Waals surface area contributed by atoms with E-state index < -0.39 is 0 Å². The molecule has 0 atom stereocenters. The van der Waals surface area contributed by atoms with Crippen molar-refractivity contribution in [2.24, 2.45) is 16.0 Å². The van der Waals surface area contributed by atoms with Crippen molar-refractivity contribution >= 4 is 12.6 Å². The first-order valence-corrected chi connectivity index (χ1v) is 3.53. The maximum atomic E-state index is 5.01. The Labute approximate surface area is 67.8 Å². The van der Waals surface area contributed by atoms with Gasteiger partial charge in [0, 0.05) is 6.21 Å². The molecule has 2 N–H and O–H groups in total. The van der Waals surface area contributed by atoms with Crippen LogP contribution in [0.5, 0.6) is 0 Å². The number of nitrogens with zero attached hydrogens (tertiary/aromatic N) is 3. The zero-order valence-electron chi connectivity index (χ0n) is 7.57. The molecule has 0 spiro atoms. The van der Waals surface area contributed by atoms with Crippen LogP contribution in [0.15, 0.2) is 10.2 Å². The van der Waals surface area contributed by atoms with Crippen molar-refractivity contribution in [2.75, 3.05) is 0 Å². The first-order chi connectivity index (χ1) is 5.02. The minimum Gasteiger partial charge on any atom is -0.322 e. The lowest BCUT2D eigenvalue weighted by atomic mass is 10.1. The lowest BCUT2D eigenvalue weighted by Crippen LogP contribution is -2.36. The normalized spacial score (nSPS) is 13.1. The quantitative estimate of drug-likeness (QED) is 0.280. The van der Waals surface area contributed by atoms with E-state index in [4.69, 9.17) is 5.84 Å². The van der Waals surface area contributed by atoms with E-state index in [2.05, 4.69) is 10.2 Å². The van der Waals surface area contributed by atoms with E-state index in [9.17, 15) is 0 Å². The highest BCUT2D eigenvalue weighted by Gasteiger charge is 2.16. The van der Waals surface area contributed by atoms with Crippen molar-refractivity contribution in [3.05, 3.63) is 0 Å². The summed E-state index contributed by atoms with van der Waals surface area (Å²) in [5.74, 6) is 5.01. The van der Waals surface area contributed by atoms with Gasteiger partial charge in [0.05, 0.1) is 5.54 Å². The fourth-order valence-electron chi connectivity index (χ4n) is 0.564. The van der Waals surface area contributed by atoms with Crippen molar-refractivity contribution in [3.8, 4) is 0 Å². The van der Waals surface area contributed by atoms with Gasteiger partial charge in [-0.1, -0.05) is 0 Å². The third-order valence-electron chi connectivity index (χ3n) is 1.10. The van der Waals surface area contributed by atoms with E-state index in [-0.39, 0.29) is 5.54 Å². The molecule has 0 aromatic rings. The molecule has 0 aromatic carbocycles. The highest BCUT2D eigenvalue weighted by Crippen LogP contribution is 2.10. The zero-order chi connectivity index (χ0) is 8.91. The molecule has 4 nitrogen and oxygen atoms in total. The van der Waals surface area contributed by atoms with Gasteiger partial charge in [0.2, 0.25) is 0 Å². The molecular weight excluding hydrogens is 140 g/mol. The smallest absolute Gasteiger partial charge is 0.132 e. The lowest BCUT2D eigenvalue weighted by Gasteiger charge is -2.28. The molecule has 0 heterocycles. The minimum atomic E-state index is -0.0740. The lowest BCUT2D eigenvalue weighted by molar-refractivity contribution is 0.255. The number of hydrogen-bond donors (Lipinski definition) is 1. The van der Waals surface area contributed by atoms with Crippen molar-refractivity contribution in [3.63, 3.8) is 0 Å². The van der Waals surface area contributed by atoms with Crippen molar-refractivity contribution in [2.45, 2.75) is 33.2 Å². The van der Waals surface area contributed by atoms with Gasteiger partial charge < -0.3 is 5.84 Å². The van der Waals surface area contributed by atoms with Crippen LogP contribution in [0, 0.1) is 0 Å². The Morgan fingerprint density at radius 3 is 2.18 bits per heavy atom. The average molecular weight is 156 g/mol. The van der Waals surface area contributed by atoms with Crippen LogP contribution < -0.4 is 5.84 Å². The monoisotopic (exact) mass is 156 g/mol. The molecule has 0 saturated carbocycles. The highest BCUT2D eigenvalue weighted by molar-refractivity contribution is 5.60. The van der Waals surface area contributed by atoms with Crippen LogP contribution in [0.4, 0.5) is 0 Å². The summed E-state index contributed by atoms with van der Waals surface area (Å²) in [6.07, 6.45) is 3.20. The van der Waals surface area contributed by atoms with Gasteiger partial charge in [-0.15, -0.1) is 0 Å². The van der Waals surface area contributed by atoms with Gasteiger partial charge in [-0.2, -0.15) is 10.2 Å². The summed E-state index contributed by atoms with van der Waals surface area (Å²) in [4.78, 5) is 0. The summed E-state index contributed by atoms with van der Waals surface area (Å²) in [5, 5.41) is 9.17. The van der Waals surface area contributed by atoms with Crippen molar-refractivity contribution in [1.82, 2.24) is 5.01 Å². The Morgan fingerprint density at radius 1 is 1.36 bits per heavy atom. The topological polar surface area (TPSA) is 54.0 Å². The molecule has 0 fully saturated rings. The van der Waals surface area contributed by atoms with E-state index in [1.54, 1.807) is 11.2 Å².